The summed E-state index contributed by atoms with van der Waals surface area (Å²) in [6.45, 7) is 6.76. The maximum Gasteiger partial charge on any atom is 0.224 e. The van der Waals surface area contributed by atoms with Crippen molar-refractivity contribution in [2.75, 3.05) is 0 Å². The summed E-state index contributed by atoms with van der Waals surface area (Å²) in [6.07, 6.45) is 0.537. The van der Waals surface area contributed by atoms with E-state index in [1.54, 1.807) is 0 Å². The molecule has 2 heteroatoms. The van der Waals surface area contributed by atoms with Gasteiger partial charge in [-0.15, -0.1) is 0 Å². The molecule has 2 nitrogen and oxygen atoms in total. The highest BCUT2D eigenvalue weighted by molar-refractivity contribution is 5.80. The van der Waals surface area contributed by atoms with Crippen LogP contribution in [0.4, 0.5) is 0 Å². The minimum Gasteiger partial charge on any atom is -0.352 e. The van der Waals surface area contributed by atoms with E-state index in [4.69, 9.17) is 0 Å². The highest BCUT2D eigenvalue weighted by atomic mass is 16.1. The fraction of sp³-hybridized carbons (Fsp3) is 0.417. The summed E-state index contributed by atoms with van der Waals surface area (Å²) in [5.41, 5.74) is 3.68. The first-order valence-electron chi connectivity index (χ1n) is 5.11. The lowest BCUT2D eigenvalue weighted by Crippen LogP contribution is -2.30. The van der Waals surface area contributed by atoms with E-state index in [1.807, 2.05) is 19.9 Å². The van der Waals surface area contributed by atoms with Gasteiger partial charge in [-0.25, -0.2) is 0 Å². The Morgan fingerprint density at radius 2 is 1.93 bits per heavy atom. The average molecular weight is 191 g/mol. The monoisotopic (exact) mass is 191 g/mol. The zero-order valence-corrected chi connectivity index (χ0v) is 9.05. The van der Waals surface area contributed by atoms with Crippen molar-refractivity contribution in [2.45, 2.75) is 33.7 Å². The molecular weight excluding hydrogens is 174 g/mol. The van der Waals surface area contributed by atoms with E-state index in [9.17, 15) is 4.79 Å². The molecule has 0 saturated carbocycles. The summed E-state index contributed by atoms with van der Waals surface area (Å²) in [6, 6.07) is 6.23. The van der Waals surface area contributed by atoms with Crippen molar-refractivity contribution in [1.82, 2.24) is 5.32 Å². The second kappa shape index (κ2) is 4.80. The van der Waals surface area contributed by atoms with E-state index in [-0.39, 0.29) is 5.91 Å². The smallest absolute Gasteiger partial charge is 0.224 e. The first-order chi connectivity index (χ1) is 6.75. The molecule has 1 aromatic carbocycles. The molecule has 76 valence electrons. The Morgan fingerprint density at radius 1 is 1.21 bits per heavy atom. The summed E-state index contributed by atoms with van der Waals surface area (Å²) >= 11 is 0. The van der Waals surface area contributed by atoms with Gasteiger partial charge in [-0.3, -0.25) is 4.79 Å². The van der Waals surface area contributed by atoms with Crippen molar-refractivity contribution < 1.29 is 4.79 Å². The summed E-state index contributed by atoms with van der Waals surface area (Å²) in [4.78, 5) is 11.0. The fourth-order valence-corrected chi connectivity index (χ4v) is 1.52. The quantitative estimate of drug-likeness (QED) is 0.669. The molecule has 0 aromatic heterocycles. The van der Waals surface area contributed by atoms with Crippen LogP contribution in [-0.4, -0.2) is 5.91 Å². The number of carbonyl (C=O) groups is 1. The third kappa shape index (κ3) is 2.34. The summed E-state index contributed by atoms with van der Waals surface area (Å²) in [5.74, 6) is 0.131. The average Bonchev–Trinajstić information content (AvgIpc) is 2.21. The van der Waals surface area contributed by atoms with Crippen LogP contribution in [0.1, 0.15) is 30.5 Å². The Kier molecular flexibility index (Phi) is 3.69. The van der Waals surface area contributed by atoms with Crippen molar-refractivity contribution in [2.24, 2.45) is 0 Å². The maximum absolute atomic E-state index is 11.0. The van der Waals surface area contributed by atoms with Crippen LogP contribution in [-0.2, 0) is 17.8 Å². The van der Waals surface area contributed by atoms with Gasteiger partial charge < -0.3 is 5.32 Å². The highest BCUT2D eigenvalue weighted by Gasteiger charge is 2.13. The third-order valence-electron chi connectivity index (χ3n) is 2.19. The van der Waals surface area contributed by atoms with Gasteiger partial charge in [0, 0.05) is 6.54 Å². The second-order valence-corrected chi connectivity index (χ2v) is 3.23. The molecule has 14 heavy (non-hydrogen) atoms. The molecule has 0 atom stereocenters. The van der Waals surface area contributed by atoms with Crippen molar-refractivity contribution in [3.63, 3.8) is 0 Å². The van der Waals surface area contributed by atoms with E-state index >= 15 is 0 Å². The molecule has 0 radical (unpaired) electrons. The van der Waals surface area contributed by atoms with Gasteiger partial charge in [0.2, 0.25) is 5.91 Å². The number of benzene rings is 1. The van der Waals surface area contributed by atoms with E-state index in [2.05, 4.69) is 24.4 Å². The normalized spacial score (nSPS) is 13.5. The first kappa shape index (κ1) is 10.8. The summed E-state index contributed by atoms with van der Waals surface area (Å²) in [7, 11) is 0. The lowest BCUT2D eigenvalue weighted by Gasteiger charge is -2.16. The van der Waals surface area contributed by atoms with Crippen LogP contribution in [0.2, 0.25) is 0 Å². The lowest BCUT2D eigenvalue weighted by molar-refractivity contribution is -0.121. The largest absolute Gasteiger partial charge is 0.352 e. The molecule has 0 bridgehead atoms. The van der Waals surface area contributed by atoms with Gasteiger partial charge in [-0.05, 0) is 18.1 Å². The van der Waals surface area contributed by atoms with Crippen LogP contribution in [0.15, 0.2) is 18.2 Å². The Balaban J connectivity index is 0.000000461. The lowest BCUT2D eigenvalue weighted by atomic mass is 9.99. The molecule has 0 unspecified atom stereocenters. The molecule has 0 aliphatic carbocycles. The Bertz CT molecular complexity index is 331. The highest BCUT2D eigenvalue weighted by Crippen LogP contribution is 2.15. The number of amides is 1. The van der Waals surface area contributed by atoms with E-state index in [0.29, 0.717) is 13.0 Å². The minimum absolute atomic E-state index is 0.131. The number of hydrogen-bond acceptors (Lipinski definition) is 1. The van der Waals surface area contributed by atoms with Gasteiger partial charge in [-0.2, -0.15) is 0 Å². The molecule has 1 amide bonds. The number of aryl methyl sites for hydroxylation is 1. The molecule has 1 heterocycles. The molecule has 1 N–H and O–H groups in total. The molecule has 0 spiro atoms. The Morgan fingerprint density at radius 3 is 2.64 bits per heavy atom. The van der Waals surface area contributed by atoms with Gasteiger partial charge in [0.25, 0.3) is 0 Å². The Hall–Kier alpha value is -1.31. The fourth-order valence-electron chi connectivity index (χ4n) is 1.52. The van der Waals surface area contributed by atoms with Gasteiger partial charge in [0.1, 0.15) is 0 Å². The zero-order chi connectivity index (χ0) is 10.6. The van der Waals surface area contributed by atoms with Gasteiger partial charge in [0.05, 0.1) is 6.42 Å². The number of nitrogens with one attached hydrogen (secondary N) is 1. The Labute approximate surface area is 85.3 Å². The van der Waals surface area contributed by atoms with Crippen LogP contribution in [0.3, 0.4) is 0 Å². The summed E-state index contributed by atoms with van der Waals surface area (Å²) < 4.78 is 0. The predicted octanol–water partition coefficient (Wildman–Crippen LogP) is 2.19. The number of rotatable bonds is 0. The second-order valence-electron chi connectivity index (χ2n) is 3.23. The maximum atomic E-state index is 11.0. The molecule has 0 saturated heterocycles. The van der Waals surface area contributed by atoms with Crippen molar-refractivity contribution >= 4 is 5.91 Å². The standard InChI is InChI=1S/C10H11NO.C2H6/c1-7-2-3-8-5-10(12)11-6-9(8)4-7;1-2/h2-4H,5-6H2,1H3,(H,11,12);1-2H3. The van der Waals surface area contributed by atoms with Crippen molar-refractivity contribution in [3.05, 3.63) is 34.9 Å². The van der Waals surface area contributed by atoms with Crippen LogP contribution in [0.25, 0.3) is 0 Å². The molecule has 2 rings (SSSR count). The molecule has 1 aliphatic rings. The van der Waals surface area contributed by atoms with Gasteiger partial charge >= 0.3 is 0 Å². The number of hydrogen-bond donors (Lipinski definition) is 1. The first-order valence-corrected chi connectivity index (χ1v) is 5.11. The van der Waals surface area contributed by atoms with Crippen molar-refractivity contribution in [3.8, 4) is 0 Å². The molecule has 1 aromatic rings. The van der Waals surface area contributed by atoms with Gasteiger partial charge in [-0.1, -0.05) is 37.6 Å². The van der Waals surface area contributed by atoms with E-state index < -0.39 is 0 Å². The SMILES string of the molecule is CC.Cc1ccc2c(c1)CNC(=O)C2. The van der Waals surface area contributed by atoms with Gasteiger partial charge in [0.15, 0.2) is 0 Å². The van der Waals surface area contributed by atoms with Crippen molar-refractivity contribution in [1.29, 1.82) is 0 Å². The van der Waals surface area contributed by atoms with E-state index in [0.717, 1.165) is 0 Å². The van der Waals surface area contributed by atoms with Crippen LogP contribution < -0.4 is 5.32 Å². The van der Waals surface area contributed by atoms with Crippen LogP contribution in [0.5, 0.6) is 0 Å². The molecule has 0 fully saturated rings. The topological polar surface area (TPSA) is 29.1 Å². The van der Waals surface area contributed by atoms with Crippen LogP contribution in [0, 0.1) is 6.92 Å². The number of carbonyl (C=O) groups excluding carboxylic acids is 1. The zero-order valence-electron chi connectivity index (χ0n) is 9.05. The molecule has 1 aliphatic heterocycles. The minimum atomic E-state index is 0.131. The van der Waals surface area contributed by atoms with E-state index in [1.165, 1.54) is 16.7 Å². The van der Waals surface area contributed by atoms with Crippen LogP contribution >= 0.6 is 0 Å². The summed E-state index contributed by atoms with van der Waals surface area (Å²) in [5, 5.41) is 2.83. The third-order valence-corrected chi connectivity index (χ3v) is 2.19. The molecular formula is C12H17NO. The predicted molar refractivity (Wildman–Crippen MR) is 58.1 cm³/mol. The number of fused-ring (bicyclic) bond motifs is 1.